The molecule has 0 aliphatic carbocycles. The van der Waals surface area contributed by atoms with Crippen LogP contribution >= 0.6 is 0 Å². The van der Waals surface area contributed by atoms with Gasteiger partial charge in [0.25, 0.3) is 0 Å². The van der Waals surface area contributed by atoms with Crippen LogP contribution in [0.1, 0.15) is 31.8 Å². The van der Waals surface area contributed by atoms with Gasteiger partial charge in [-0.2, -0.15) is 0 Å². The lowest BCUT2D eigenvalue weighted by atomic mass is 9.98. The van der Waals surface area contributed by atoms with Gasteiger partial charge in [0, 0.05) is 5.56 Å². The van der Waals surface area contributed by atoms with E-state index in [1.54, 1.807) is 18.2 Å². The Labute approximate surface area is 87.9 Å². The van der Waals surface area contributed by atoms with E-state index < -0.39 is 5.91 Å². The van der Waals surface area contributed by atoms with Gasteiger partial charge < -0.3 is 5.73 Å². The predicted molar refractivity (Wildman–Crippen MR) is 60.5 cm³/mol. The highest BCUT2D eigenvalue weighted by Crippen LogP contribution is 2.18. The molecule has 2 N–H and O–H groups in total. The summed E-state index contributed by atoms with van der Waals surface area (Å²) in [6.45, 7) is 7.22. The van der Waals surface area contributed by atoms with Gasteiger partial charge in [0.05, 0.1) is 5.56 Å². The molecule has 0 saturated carbocycles. The zero-order chi connectivity index (χ0) is 11.4. The largest absolute Gasteiger partial charge is 0.366 e. The molecule has 0 unspecified atom stereocenters. The lowest BCUT2D eigenvalue weighted by molar-refractivity contribution is 0.0993. The highest BCUT2D eigenvalue weighted by Gasteiger charge is 2.10. The van der Waals surface area contributed by atoms with Crippen molar-refractivity contribution in [2.45, 2.75) is 0 Å². The Bertz CT molecular complexity index is 447. The number of amides is 1. The summed E-state index contributed by atoms with van der Waals surface area (Å²) in [6.07, 6.45) is 3.77. The number of primary amides is 1. The number of rotatable bonds is 4. The minimum atomic E-state index is -0.629. The smallest absolute Gasteiger partial charge is 0.249 e. The van der Waals surface area contributed by atoms with Crippen molar-refractivity contribution in [1.82, 2.24) is 0 Å². The number of carbonyl (C=O) groups is 2. The average Bonchev–Trinajstić information content (AvgIpc) is 2.26. The fraction of sp³-hybridized carbons (Fsp3) is 0. The van der Waals surface area contributed by atoms with Crippen molar-refractivity contribution in [3.05, 3.63) is 47.5 Å². The first-order chi connectivity index (χ1) is 7.13. The van der Waals surface area contributed by atoms with Crippen molar-refractivity contribution in [3.63, 3.8) is 0 Å². The molecule has 1 amide bonds. The van der Waals surface area contributed by atoms with Crippen LogP contribution in [0.15, 0.2) is 25.3 Å². The summed E-state index contributed by atoms with van der Waals surface area (Å²) in [5, 5.41) is 0. The number of aldehydes is 1. The van der Waals surface area contributed by atoms with Gasteiger partial charge in [0.2, 0.25) is 5.91 Å². The van der Waals surface area contributed by atoms with Gasteiger partial charge in [-0.25, -0.2) is 0 Å². The van der Waals surface area contributed by atoms with Crippen molar-refractivity contribution in [1.29, 1.82) is 0 Å². The Hall–Kier alpha value is -2.16. The number of carbonyl (C=O) groups excluding carboxylic acids is 2. The summed E-state index contributed by atoms with van der Waals surface area (Å²) < 4.78 is 0. The zero-order valence-electron chi connectivity index (χ0n) is 8.19. The van der Waals surface area contributed by atoms with Crippen LogP contribution < -0.4 is 5.73 Å². The highest BCUT2D eigenvalue weighted by atomic mass is 16.1. The molecule has 0 spiro atoms. The first kappa shape index (κ1) is 10.9. The van der Waals surface area contributed by atoms with Gasteiger partial charge in [-0.05, 0) is 23.3 Å². The molecule has 1 aromatic rings. The van der Waals surface area contributed by atoms with Gasteiger partial charge in [-0.1, -0.05) is 25.3 Å². The lowest BCUT2D eigenvalue weighted by Gasteiger charge is -2.06. The predicted octanol–water partition coefficient (Wildman–Crippen LogP) is 1.88. The lowest BCUT2D eigenvalue weighted by Crippen LogP contribution is -2.14. The first-order valence-corrected chi connectivity index (χ1v) is 4.32. The van der Waals surface area contributed by atoms with Crippen LogP contribution in [0, 0.1) is 0 Å². The Morgan fingerprint density at radius 1 is 1.13 bits per heavy atom. The van der Waals surface area contributed by atoms with Gasteiger partial charge >= 0.3 is 0 Å². The summed E-state index contributed by atoms with van der Waals surface area (Å²) in [4.78, 5) is 21.8. The van der Waals surface area contributed by atoms with E-state index in [0.29, 0.717) is 6.29 Å². The maximum Gasteiger partial charge on any atom is 0.249 e. The quantitative estimate of drug-likeness (QED) is 0.756. The van der Waals surface area contributed by atoms with Crippen LogP contribution in [-0.2, 0) is 0 Å². The van der Waals surface area contributed by atoms with Crippen molar-refractivity contribution in [3.8, 4) is 0 Å². The van der Waals surface area contributed by atoms with Gasteiger partial charge in [-0.15, -0.1) is 0 Å². The molecule has 0 aliphatic rings. The molecule has 1 aromatic carbocycles. The van der Waals surface area contributed by atoms with Crippen molar-refractivity contribution in [2.24, 2.45) is 5.73 Å². The Morgan fingerprint density at radius 3 is 2.07 bits per heavy atom. The minimum absolute atomic E-state index is 0.200. The summed E-state index contributed by atoms with van der Waals surface area (Å²) in [6, 6.07) is 3.10. The van der Waals surface area contributed by atoms with Crippen molar-refractivity contribution < 1.29 is 9.59 Å². The molecular weight excluding hydrogens is 190 g/mol. The summed E-state index contributed by atoms with van der Waals surface area (Å²) in [5.74, 6) is -0.629. The van der Waals surface area contributed by atoms with Crippen LogP contribution in [0.25, 0.3) is 12.2 Å². The standard InChI is InChI=1S/C12H11NO2/c1-3-8-5-10(7-14)11(12(13)15)6-9(8)4-2/h3-7H,1-2H2,(H2,13,15). The van der Waals surface area contributed by atoms with E-state index in [-0.39, 0.29) is 11.1 Å². The number of nitrogens with two attached hydrogens (primary N) is 1. The molecule has 3 nitrogen and oxygen atoms in total. The maximum absolute atomic E-state index is 11.1. The monoisotopic (exact) mass is 201 g/mol. The molecule has 15 heavy (non-hydrogen) atoms. The van der Waals surface area contributed by atoms with Gasteiger partial charge in [0.1, 0.15) is 0 Å². The third-order valence-electron chi connectivity index (χ3n) is 2.09. The molecule has 76 valence electrons. The van der Waals surface area contributed by atoms with E-state index in [4.69, 9.17) is 5.73 Å². The van der Waals surface area contributed by atoms with Crippen LogP contribution in [0.3, 0.4) is 0 Å². The first-order valence-electron chi connectivity index (χ1n) is 4.32. The minimum Gasteiger partial charge on any atom is -0.366 e. The second-order valence-electron chi connectivity index (χ2n) is 2.96. The Morgan fingerprint density at radius 2 is 1.67 bits per heavy atom. The molecule has 0 bridgehead atoms. The third kappa shape index (κ3) is 2.02. The Balaban J connectivity index is 3.53. The fourth-order valence-corrected chi connectivity index (χ4v) is 1.32. The zero-order valence-corrected chi connectivity index (χ0v) is 8.19. The average molecular weight is 201 g/mol. The topological polar surface area (TPSA) is 60.2 Å². The third-order valence-corrected chi connectivity index (χ3v) is 2.09. The van der Waals surface area contributed by atoms with E-state index in [9.17, 15) is 9.59 Å². The Kier molecular flexibility index (Phi) is 3.18. The number of hydrogen-bond acceptors (Lipinski definition) is 2. The van der Waals surface area contributed by atoms with Crippen molar-refractivity contribution in [2.75, 3.05) is 0 Å². The van der Waals surface area contributed by atoms with E-state index in [0.717, 1.165) is 11.1 Å². The molecule has 0 atom stereocenters. The van der Waals surface area contributed by atoms with E-state index >= 15 is 0 Å². The molecule has 0 fully saturated rings. The normalized spacial score (nSPS) is 9.33. The van der Waals surface area contributed by atoms with Gasteiger partial charge in [-0.3, -0.25) is 9.59 Å². The van der Waals surface area contributed by atoms with E-state index in [1.807, 2.05) is 0 Å². The van der Waals surface area contributed by atoms with Crippen LogP contribution in [-0.4, -0.2) is 12.2 Å². The highest BCUT2D eigenvalue weighted by molar-refractivity contribution is 6.01. The van der Waals surface area contributed by atoms with Crippen LogP contribution in [0.2, 0.25) is 0 Å². The molecular formula is C12H11NO2. The van der Waals surface area contributed by atoms with Gasteiger partial charge in [0.15, 0.2) is 6.29 Å². The second-order valence-corrected chi connectivity index (χ2v) is 2.96. The molecule has 1 rings (SSSR count). The summed E-state index contributed by atoms with van der Waals surface area (Å²) in [7, 11) is 0. The van der Waals surface area contributed by atoms with Crippen LogP contribution in [0.5, 0.6) is 0 Å². The van der Waals surface area contributed by atoms with Crippen molar-refractivity contribution >= 4 is 24.3 Å². The fourth-order valence-electron chi connectivity index (χ4n) is 1.32. The summed E-state index contributed by atoms with van der Waals surface area (Å²) >= 11 is 0. The van der Waals surface area contributed by atoms with E-state index in [1.165, 1.54) is 6.07 Å². The summed E-state index contributed by atoms with van der Waals surface area (Å²) in [5.41, 5.74) is 7.09. The molecule has 3 heteroatoms. The maximum atomic E-state index is 11.1. The molecule has 0 aliphatic heterocycles. The molecule has 0 heterocycles. The molecule has 0 radical (unpaired) electrons. The molecule has 0 aromatic heterocycles. The van der Waals surface area contributed by atoms with E-state index in [2.05, 4.69) is 13.2 Å². The number of benzene rings is 1. The second kappa shape index (κ2) is 4.37. The number of hydrogen-bond donors (Lipinski definition) is 1. The SMILES string of the molecule is C=Cc1cc(C=O)c(C(N)=O)cc1C=C. The molecule has 0 saturated heterocycles. The van der Waals surface area contributed by atoms with Crippen LogP contribution in [0.4, 0.5) is 0 Å².